The molecular formula is C23H20N4O3S. The van der Waals surface area contributed by atoms with Gasteiger partial charge in [0.2, 0.25) is 5.91 Å². The first-order valence-electron chi connectivity index (χ1n) is 10.1. The van der Waals surface area contributed by atoms with Gasteiger partial charge in [-0.05, 0) is 42.7 Å². The quantitative estimate of drug-likeness (QED) is 0.356. The molecule has 0 aliphatic heterocycles. The van der Waals surface area contributed by atoms with Gasteiger partial charge in [-0.3, -0.25) is 9.36 Å². The van der Waals surface area contributed by atoms with Gasteiger partial charge in [0, 0.05) is 47.5 Å². The number of carbonyl (C=O) groups is 1. The zero-order valence-electron chi connectivity index (χ0n) is 16.9. The van der Waals surface area contributed by atoms with Gasteiger partial charge in [0.15, 0.2) is 5.16 Å². The first kappa shape index (κ1) is 19.6. The van der Waals surface area contributed by atoms with E-state index in [2.05, 4.69) is 32.2 Å². The molecule has 1 amide bonds. The third kappa shape index (κ3) is 4.11. The van der Waals surface area contributed by atoms with Gasteiger partial charge in [-0.15, -0.1) is 10.2 Å². The van der Waals surface area contributed by atoms with Gasteiger partial charge in [0.25, 0.3) is 0 Å². The SMILES string of the molecule is CC(=O)Nc1ccc2c(CSc3nnc(C4CC4)n3-c3ccccc3)cc(=O)oc2c1. The van der Waals surface area contributed by atoms with Crippen molar-refractivity contribution in [1.82, 2.24) is 14.8 Å². The fourth-order valence-corrected chi connectivity index (χ4v) is 4.52. The Morgan fingerprint density at radius 3 is 2.71 bits per heavy atom. The molecule has 156 valence electrons. The number of rotatable bonds is 6. The predicted molar refractivity (Wildman–Crippen MR) is 120 cm³/mol. The highest BCUT2D eigenvalue weighted by molar-refractivity contribution is 7.98. The Bertz CT molecular complexity index is 1330. The van der Waals surface area contributed by atoms with Gasteiger partial charge in [-0.25, -0.2) is 4.79 Å². The van der Waals surface area contributed by atoms with Crippen LogP contribution in [0.2, 0.25) is 0 Å². The molecule has 1 fully saturated rings. The van der Waals surface area contributed by atoms with Gasteiger partial charge in [0.1, 0.15) is 11.4 Å². The Hall–Kier alpha value is -3.39. The van der Waals surface area contributed by atoms with Crippen LogP contribution in [0.5, 0.6) is 0 Å². The maximum atomic E-state index is 12.1. The molecule has 7 nitrogen and oxygen atoms in total. The molecular weight excluding hydrogens is 412 g/mol. The summed E-state index contributed by atoms with van der Waals surface area (Å²) in [5.74, 6) is 1.81. The van der Waals surface area contributed by atoms with Gasteiger partial charge in [-0.1, -0.05) is 30.0 Å². The molecule has 1 saturated carbocycles. The molecule has 1 N–H and O–H groups in total. The smallest absolute Gasteiger partial charge is 0.336 e. The van der Waals surface area contributed by atoms with Gasteiger partial charge >= 0.3 is 5.63 Å². The summed E-state index contributed by atoms with van der Waals surface area (Å²) in [6.07, 6.45) is 2.27. The first-order valence-corrected chi connectivity index (χ1v) is 11.0. The van der Waals surface area contributed by atoms with Crippen LogP contribution in [0.1, 0.15) is 37.1 Å². The van der Waals surface area contributed by atoms with E-state index in [-0.39, 0.29) is 5.91 Å². The summed E-state index contributed by atoms with van der Waals surface area (Å²) in [6.45, 7) is 1.44. The Kier molecular flexibility index (Phi) is 5.07. The number of amides is 1. The van der Waals surface area contributed by atoms with Crippen LogP contribution in [0.3, 0.4) is 0 Å². The lowest BCUT2D eigenvalue weighted by Gasteiger charge is -2.10. The Morgan fingerprint density at radius 1 is 1.16 bits per heavy atom. The second kappa shape index (κ2) is 8.03. The van der Waals surface area contributed by atoms with E-state index in [1.807, 2.05) is 24.3 Å². The summed E-state index contributed by atoms with van der Waals surface area (Å²) in [6, 6.07) is 16.9. The van der Waals surface area contributed by atoms with Crippen molar-refractivity contribution in [3.8, 4) is 5.69 Å². The molecule has 1 aliphatic rings. The zero-order valence-corrected chi connectivity index (χ0v) is 17.7. The number of fused-ring (bicyclic) bond motifs is 1. The van der Waals surface area contributed by atoms with Crippen molar-refractivity contribution < 1.29 is 9.21 Å². The number of benzene rings is 2. The molecule has 2 heterocycles. The second-order valence-electron chi connectivity index (χ2n) is 7.56. The average Bonchev–Trinajstić information content (AvgIpc) is 3.51. The highest BCUT2D eigenvalue weighted by Crippen LogP contribution is 2.41. The minimum atomic E-state index is -0.425. The Balaban J connectivity index is 1.48. The molecule has 5 rings (SSSR count). The summed E-state index contributed by atoms with van der Waals surface area (Å²) in [4.78, 5) is 23.5. The maximum absolute atomic E-state index is 12.1. The predicted octanol–water partition coefficient (Wildman–Crippen LogP) is 4.50. The number of hydrogen-bond donors (Lipinski definition) is 1. The molecule has 0 radical (unpaired) electrons. The largest absolute Gasteiger partial charge is 0.423 e. The molecule has 2 aromatic heterocycles. The van der Waals surface area contributed by atoms with Crippen LogP contribution in [0.15, 0.2) is 69.0 Å². The van der Waals surface area contributed by atoms with Crippen molar-refractivity contribution in [3.05, 3.63) is 76.4 Å². The van der Waals surface area contributed by atoms with E-state index in [4.69, 9.17) is 4.42 Å². The van der Waals surface area contributed by atoms with Crippen molar-refractivity contribution in [2.24, 2.45) is 0 Å². The van der Waals surface area contributed by atoms with E-state index >= 15 is 0 Å². The lowest BCUT2D eigenvalue weighted by Crippen LogP contribution is -2.06. The summed E-state index contributed by atoms with van der Waals surface area (Å²) in [5, 5.41) is 13.2. The summed E-state index contributed by atoms with van der Waals surface area (Å²) < 4.78 is 7.48. The number of anilines is 1. The second-order valence-corrected chi connectivity index (χ2v) is 8.50. The number of para-hydroxylation sites is 1. The molecule has 31 heavy (non-hydrogen) atoms. The van der Waals surface area contributed by atoms with Crippen LogP contribution >= 0.6 is 11.8 Å². The molecule has 0 spiro atoms. The van der Waals surface area contributed by atoms with E-state index in [9.17, 15) is 9.59 Å². The van der Waals surface area contributed by atoms with Crippen LogP contribution in [-0.4, -0.2) is 20.7 Å². The van der Waals surface area contributed by atoms with E-state index in [0.717, 1.165) is 40.5 Å². The molecule has 8 heteroatoms. The fraction of sp³-hybridized carbons (Fsp3) is 0.217. The van der Waals surface area contributed by atoms with Crippen molar-refractivity contribution in [2.45, 2.75) is 36.6 Å². The topological polar surface area (TPSA) is 90.0 Å². The van der Waals surface area contributed by atoms with Crippen molar-refractivity contribution in [2.75, 3.05) is 5.32 Å². The Morgan fingerprint density at radius 2 is 1.97 bits per heavy atom. The maximum Gasteiger partial charge on any atom is 0.336 e. The minimum absolute atomic E-state index is 0.180. The van der Waals surface area contributed by atoms with Crippen molar-refractivity contribution in [3.63, 3.8) is 0 Å². The lowest BCUT2D eigenvalue weighted by molar-refractivity contribution is -0.114. The van der Waals surface area contributed by atoms with E-state index in [1.165, 1.54) is 24.8 Å². The molecule has 0 atom stereocenters. The third-order valence-electron chi connectivity index (χ3n) is 5.12. The van der Waals surface area contributed by atoms with Crippen molar-refractivity contribution >= 4 is 34.3 Å². The normalized spacial score (nSPS) is 13.5. The minimum Gasteiger partial charge on any atom is -0.423 e. The number of thioether (sulfide) groups is 1. The standard InChI is InChI=1S/C23H20N4O3S/c1-14(28)24-17-9-10-19-16(11-21(29)30-20(19)12-17)13-31-23-26-25-22(15-7-8-15)27(23)18-5-3-2-4-6-18/h2-6,9-12,15H,7-8,13H2,1H3,(H,24,28). The van der Waals surface area contributed by atoms with Crippen LogP contribution < -0.4 is 10.9 Å². The van der Waals surface area contributed by atoms with E-state index < -0.39 is 5.63 Å². The molecule has 4 aromatic rings. The number of nitrogens with one attached hydrogen (secondary N) is 1. The summed E-state index contributed by atoms with van der Waals surface area (Å²) in [7, 11) is 0. The van der Waals surface area contributed by atoms with E-state index in [1.54, 1.807) is 12.1 Å². The molecule has 2 aromatic carbocycles. The van der Waals surface area contributed by atoms with Crippen LogP contribution in [0, 0.1) is 0 Å². The van der Waals surface area contributed by atoms with Crippen LogP contribution in [-0.2, 0) is 10.5 Å². The van der Waals surface area contributed by atoms with E-state index in [0.29, 0.717) is 22.9 Å². The molecule has 1 aliphatic carbocycles. The number of nitrogens with zero attached hydrogens (tertiary/aromatic N) is 3. The first-order chi connectivity index (χ1) is 15.1. The Labute approximate surface area is 182 Å². The monoisotopic (exact) mass is 432 g/mol. The van der Waals surface area contributed by atoms with Gasteiger partial charge < -0.3 is 9.73 Å². The summed E-state index contributed by atoms with van der Waals surface area (Å²) >= 11 is 1.54. The van der Waals surface area contributed by atoms with Crippen LogP contribution in [0.4, 0.5) is 5.69 Å². The fourth-order valence-electron chi connectivity index (χ4n) is 3.57. The lowest BCUT2D eigenvalue weighted by atomic mass is 10.1. The highest BCUT2D eigenvalue weighted by atomic mass is 32.2. The zero-order chi connectivity index (χ0) is 21.4. The van der Waals surface area contributed by atoms with Gasteiger partial charge in [0.05, 0.1) is 0 Å². The number of hydrogen-bond acceptors (Lipinski definition) is 6. The number of aromatic nitrogens is 3. The van der Waals surface area contributed by atoms with Crippen LogP contribution in [0.25, 0.3) is 16.7 Å². The molecule has 0 bridgehead atoms. The molecule has 0 saturated heterocycles. The summed E-state index contributed by atoms with van der Waals surface area (Å²) in [5.41, 5.74) is 2.49. The number of carbonyl (C=O) groups excluding carboxylic acids is 1. The van der Waals surface area contributed by atoms with Gasteiger partial charge in [-0.2, -0.15) is 0 Å². The third-order valence-corrected chi connectivity index (χ3v) is 6.10. The highest BCUT2D eigenvalue weighted by Gasteiger charge is 2.31. The molecule has 0 unspecified atom stereocenters. The van der Waals surface area contributed by atoms with Crippen molar-refractivity contribution in [1.29, 1.82) is 0 Å². The average molecular weight is 433 g/mol.